The fourth-order valence-electron chi connectivity index (χ4n) is 4.71. The predicted octanol–water partition coefficient (Wildman–Crippen LogP) is 1.33. The van der Waals surface area contributed by atoms with Crippen molar-refractivity contribution in [3.8, 4) is 5.75 Å². The summed E-state index contributed by atoms with van der Waals surface area (Å²) in [7, 11) is 2.06. The third-order valence-electron chi connectivity index (χ3n) is 7.17. The van der Waals surface area contributed by atoms with Gasteiger partial charge in [-0.3, -0.25) is 9.59 Å². The van der Waals surface area contributed by atoms with Gasteiger partial charge >= 0.3 is 0 Å². The summed E-state index contributed by atoms with van der Waals surface area (Å²) in [5, 5.41) is 23.7. The number of benzene rings is 1. The van der Waals surface area contributed by atoms with Crippen LogP contribution in [0.15, 0.2) is 24.3 Å². The zero-order chi connectivity index (χ0) is 23.8. The molecule has 184 valence electrons. The molecule has 0 bridgehead atoms. The first-order valence-corrected chi connectivity index (χ1v) is 12.1. The predicted molar refractivity (Wildman–Crippen MR) is 126 cm³/mol. The summed E-state index contributed by atoms with van der Waals surface area (Å²) < 4.78 is 5.74. The number of amides is 2. The summed E-state index contributed by atoms with van der Waals surface area (Å²) in [4.78, 5) is 29.9. The molecule has 2 aliphatic rings. The van der Waals surface area contributed by atoms with E-state index in [1.54, 1.807) is 4.90 Å². The molecule has 8 heteroatoms. The summed E-state index contributed by atoms with van der Waals surface area (Å²) in [5.74, 6) is 0.514. The lowest BCUT2D eigenvalue weighted by molar-refractivity contribution is -0.135. The number of nitrogens with one attached hydrogen (secondary N) is 1. The number of likely N-dealkylation sites (tertiary alicyclic amines) is 1. The van der Waals surface area contributed by atoms with Crippen molar-refractivity contribution in [3.63, 3.8) is 0 Å². The van der Waals surface area contributed by atoms with Crippen LogP contribution < -0.4 is 10.1 Å². The molecular formula is C25H39N3O5. The topological polar surface area (TPSA) is 102 Å². The van der Waals surface area contributed by atoms with Crippen molar-refractivity contribution in [2.45, 2.75) is 57.7 Å². The number of para-hydroxylation sites is 1. The van der Waals surface area contributed by atoms with Crippen molar-refractivity contribution in [1.29, 1.82) is 0 Å². The number of ether oxygens (including phenoxy) is 1. The van der Waals surface area contributed by atoms with Gasteiger partial charge < -0.3 is 30.1 Å². The van der Waals surface area contributed by atoms with Crippen LogP contribution in [0.3, 0.4) is 0 Å². The third-order valence-corrected chi connectivity index (χ3v) is 7.17. The Kier molecular flexibility index (Phi) is 9.11. The van der Waals surface area contributed by atoms with Gasteiger partial charge in [0.05, 0.1) is 17.6 Å². The number of hydrogen-bond donors (Lipinski definition) is 3. The van der Waals surface area contributed by atoms with E-state index in [-0.39, 0.29) is 31.4 Å². The Bertz CT molecular complexity index is 794. The minimum absolute atomic E-state index is 0.0158. The highest BCUT2D eigenvalue weighted by atomic mass is 16.5. The highest BCUT2D eigenvalue weighted by molar-refractivity contribution is 5.82. The van der Waals surface area contributed by atoms with Gasteiger partial charge in [0.15, 0.2) is 6.61 Å². The SMILES string of the molecule is Cc1ccccc1OCC(=O)N1CCCCC2(CCN(C)CC2)C(=O)NC[C@@H](O)[C@@H](O)CC1. The standard InChI is InChI=1S/C25H39N3O5/c1-19-7-3-4-8-22(19)33-18-23(31)28-13-6-5-10-25(11-15-27(2)16-12-25)24(32)26-17-21(30)20(29)9-14-28/h3-4,7-8,20-21,29-30H,5-6,9-18H2,1-2H3,(H,26,32)/t20-,21+/m0/s1. The maximum Gasteiger partial charge on any atom is 0.260 e. The summed E-state index contributed by atoms with van der Waals surface area (Å²) in [6.45, 7) is 4.47. The number of piperidine rings is 1. The molecule has 2 saturated heterocycles. The second-order valence-corrected chi connectivity index (χ2v) is 9.61. The van der Waals surface area contributed by atoms with Crippen molar-refractivity contribution < 1.29 is 24.5 Å². The van der Waals surface area contributed by atoms with E-state index in [4.69, 9.17) is 4.74 Å². The Morgan fingerprint density at radius 1 is 1.09 bits per heavy atom. The third kappa shape index (κ3) is 6.91. The molecule has 0 aliphatic carbocycles. The number of aryl methyl sites for hydroxylation is 1. The lowest BCUT2D eigenvalue weighted by atomic mass is 9.73. The van der Waals surface area contributed by atoms with Crippen LogP contribution in [-0.4, -0.2) is 90.4 Å². The van der Waals surface area contributed by atoms with Crippen LogP contribution in [-0.2, 0) is 9.59 Å². The molecule has 8 nitrogen and oxygen atoms in total. The van der Waals surface area contributed by atoms with Crippen LogP contribution in [0.4, 0.5) is 0 Å². The Morgan fingerprint density at radius 3 is 2.55 bits per heavy atom. The monoisotopic (exact) mass is 461 g/mol. The summed E-state index contributed by atoms with van der Waals surface area (Å²) >= 11 is 0. The van der Waals surface area contributed by atoms with Crippen LogP contribution in [0.25, 0.3) is 0 Å². The number of aliphatic hydroxyl groups is 2. The molecule has 3 N–H and O–H groups in total. The minimum atomic E-state index is -1.07. The number of carbonyl (C=O) groups is 2. The second kappa shape index (κ2) is 11.8. The molecule has 2 atom stereocenters. The molecule has 1 aromatic carbocycles. The Morgan fingerprint density at radius 2 is 1.82 bits per heavy atom. The van der Waals surface area contributed by atoms with Gasteiger partial charge in [-0.1, -0.05) is 24.6 Å². The van der Waals surface area contributed by atoms with Gasteiger partial charge in [-0.05, 0) is 70.8 Å². The first-order valence-electron chi connectivity index (χ1n) is 12.1. The average Bonchev–Trinajstić information content (AvgIpc) is 2.82. The zero-order valence-electron chi connectivity index (χ0n) is 20.0. The first-order chi connectivity index (χ1) is 15.8. The van der Waals surface area contributed by atoms with Gasteiger partial charge in [0, 0.05) is 19.6 Å². The second-order valence-electron chi connectivity index (χ2n) is 9.61. The molecule has 0 saturated carbocycles. The van der Waals surface area contributed by atoms with E-state index in [2.05, 4.69) is 17.3 Å². The fraction of sp³-hybridized carbons (Fsp3) is 0.680. The largest absolute Gasteiger partial charge is 0.484 e. The maximum absolute atomic E-state index is 13.1. The Hall–Kier alpha value is -2.16. The number of aliphatic hydroxyl groups excluding tert-OH is 2. The van der Waals surface area contributed by atoms with Crippen LogP contribution in [0.2, 0.25) is 0 Å². The molecule has 1 spiro atoms. The molecule has 0 unspecified atom stereocenters. The van der Waals surface area contributed by atoms with Gasteiger partial charge in [0.2, 0.25) is 5.91 Å². The lowest BCUT2D eigenvalue weighted by Crippen LogP contribution is -2.50. The van der Waals surface area contributed by atoms with Crippen LogP contribution >= 0.6 is 0 Å². The number of β-amino-alcohol motifs (C(OH)–C–C–N with tert-alkyl or cyclic N) is 1. The highest BCUT2D eigenvalue weighted by Crippen LogP contribution is 2.37. The van der Waals surface area contributed by atoms with Crippen LogP contribution in [0, 0.1) is 12.3 Å². The molecule has 33 heavy (non-hydrogen) atoms. The van der Waals surface area contributed by atoms with E-state index in [0.29, 0.717) is 18.8 Å². The van der Waals surface area contributed by atoms with E-state index >= 15 is 0 Å². The van der Waals surface area contributed by atoms with Crippen molar-refractivity contribution in [2.75, 3.05) is 46.4 Å². The summed E-state index contributed by atoms with van der Waals surface area (Å²) in [6, 6.07) is 7.57. The van der Waals surface area contributed by atoms with Crippen molar-refractivity contribution >= 4 is 11.8 Å². The average molecular weight is 462 g/mol. The number of hydrogen-bond acceptors (Lipinski definition) is 6. The Balaban J connectivity index is 1.65. The molecule has 2 heterocycles. The molecule has 0 aromatic heterocycles. The normalized spacial score (nSPS) is 25.5. The van der Waals surface area contributed by atoms with Crippen LogP contribution in [0.1, 0.15) is 44.1 Å². The smallest absolute Gasteiger partial charge is 0.260 e. The van der Waals surface area contributed by atoms with E-state index in [1.807, 2.05) is 31.2 Å². The molecule has 2 amide bonds. The van der Waals surface area contributed by atoms with Crippen LogP contribution in [0.5, 0.6) is 5.75 Å². The first kappa shape index (κ1) is 25.5. The van der Waals surface area contributed by atoms with Gasteiger partial charge in [-0.15, -0.1) is 0 Å². The molecule has 2 fully saturated rings. The van der Waals surface area contributed by atoms with Gasteiger partial charge in [0.25, 0.3) is 5.91 Å². The fourth-order valence-corrected chi connectivity index (χ4v) is 4.71. The van der Waals surface area contributed by atoms with Crippen molar-refractivity contribution in [3.05, 3.63) is 29.8 Å². The molecule has 0 radical (unpaired) electrons. The van der Waals surface area contributed by atoms with Crippen molar-refractivity contribution in [1.82, 2.24) is 15.1 Å². The molecule has 1 aromatic rings. The lowest BCUT2D eigenvalue weighted by Gasteiger charge is -2.39. The highest BCUT2D eigenvalue weighted by Gasteiger charge is 2.40. The number of carbonyl (C=O) groups excluding carboxylic acids is 2. The minimum Gasteiger partial charge on any atom is -0.484 e. The number of nitrogens with zero attached hydrogens (tertiary/aromatic N) is 2. The van der Waals surface area contributed by atoms with E-state index in [0.717, 1.165) is 50.8 Å². The van der Waals surface area contributed by atoms with Gasteiger partial charge in [-0.2, -0.15) is 0 Å². The maximum atomic E-state index is 13.1. The quantitative estimate of drug-likeness (QED) is 0.628. The van der Waals surface area contributed by atoms with E-state index in [1.165, 1.54) is 0 Å². The number of rotatable bonds is 3. The van der Waals surface area contributed by atoms with Crippen molar-refractivity contribution in [2.24, 2.45) is 5.41 Å². The molecule has 3 rings (SSSR count). The van der Waals surface area contributed by atoms with Gasteiger partial charge in [-0.25, -0.2) is 0 Å². The summed E-state index contributed by atoms with van der Waals surface area (Å²) in [6.07, 6.45) is 2.08. The van der Waals surface area contributed by atoms with E-state index < -0.39 is 17.6 Å². The Labute approximate surface area is 196 Å². The summed E-state index contributed by atoms with van der Waals surface area (Å²) in [5.41, 5.74) is 0.517. The molecular weight excluding hydrogens is 422 g/mol. The zero-order valence-corrected chi connectivity index (χ0v) is 20.0. The molecule has 2 aliphatic heterocycles. The van der Waals surface area contributed by atoms with Gasteiger partial charge in [0.1, 0.15) is 5.75 Å². The van der Waals surface area contributed by atoms with E-state index in [9.17, 15) is 19.8 Å².